The van der Waals surface area contributed by atoms with Crippen LogP contribution in [0.3, 0.4) is 0 Å². The number of aryl methyl sites for hydroxylation is 2. The first kappa shape index (κ1) is 23.5. The fourth-order valence-corrected chi connectivity index (χ4v) is 5.37. The molecule has 5 heteroatoms. The van der Waals surface area contributed by atoms with E-state index in [4.69, 9.17) is 0 Å². The molecule has 2 saturated heterocycles. The Balaban J connectivity index is 1.46. The molecule has 0 bridgehead atoms. The summed E-state index contributed by atoms with van der Waals surface area (Å²) in [6.07, 6.45) is 6.34. The van der Waals surface area contributed by atoms with E-state index < -0.39 is 0 Å². The van der Waals surface area contributed by atoms with Crippen LogP contribution in [0.25, 0.3) is 0 Å². The maximum absolute atomic E-state index is 13.5. The lowest BCUT2D eigenvalue weighted by atomic mass is 9.92. The van der Waals surface area contributed by atoms with Crippen LogP contribution in [0.5, 0.6) is 0 Å². The Morgan fingerprint density at radius 3 is 2.06 bits per heavy atom. The molecule has 2 aliphatic rings. The van der Waals surface area contributed by atoms with Crippen molar-refractivity contribution in [1.29, 1.82) is 0 Å². The molecule has 0 aliphatic carbocycles. The zero-order chi connectivity index (χ0) is 23.2. The molecule has 2 aromatic rings. The minimum Gasteiger partial charge on any atom is -0.342 e. The second-order valence-corrected chi connectivity index (χ2v) is 9.73. The quantitative estimate of drug-likeness (QED) is 0.694. The van der Waals surface area contributed by atoms with E-state index in [0.29, 0.717) is 5.91 Å². The third-order valence-electron chi connectivity index (χ3n) is 7.01. The number of carbonyl (C=O) groups excluding carboxylic acids is 2. The summed E-state index contributed by atoms with van der Waals surface area (Å²) in [6.45, 7) is 7.41. The molecule has 0 aromatic heterocycles. The van der Waals surface area contributed by atoms with E-state index in [0.717, 1.165) is 74.2 Å². The van der Waals surface area contributed by atoms with E-state index in [2.05, 4.69) is 21.2 Å². The SMILES string of the molecule is Cc1cc(C)cc(NC(=O)[C@@H](c2ccccc2)N2CCC(C(=O)N3CCCCCC3)CC2)c1. The van der Waals surface area contributed by atoms with Crippen LogP contribution in [-0.4, -0.2) is 47.8 Å². The van der Waals surface area contributed by atoms with E-state index in [1.165, 1.54) is 12.8 Å². The molecule has 2 fully saturated rings. The van der Waals surface area contributed by atoms with Crippen LogP contribution in [0.4, 0.5) is 5.69 Å². The average Bonchev–Trinajstić information content (AvgIpc) is 3.09. The Kier molecular flexibility index (Phi) is 7.81. The molecule has 2 aliphatic heterocycles. The van der Waals surface area contributed by atoms with Crippen molar-refractivity contribution in [1.82, 2.24) is 9.80 Å². The van der Waals surface area contributed by atoms with Crippen LogP contribution in [-0.2, 0) is 9.59 Å². The molecular weight excluding hydrogens is 410 g/mol. The summed E-state index contributed by atoms with van der Waals surface area (Å²) < 4.78 is 0. The van der Waals surface area contributed by atoms with Crippen LogP contribution in [0.2, 0.25) is 0 Å². The third-order valence-corrected chi connectivity index (χ3v) is 7.01. The third kappa shape index (κ3) is 6.02. The zero-order valence-electron chi connectivity index (χ0n) is 20.1. The van der Waals surface area contributed by atoms with Crippen molar-refractivity contribution >= 4 is 17.5 Å². The van der Waals surface area contributed by atoms with Crippen molar-refractivity contribution in [3.05, 3.63) is 65.2 Å². The Morgan fingerprint density at radius 2 is 1.45 bits per heavy atom. The summed E-state index contributed by atoms with van der Waals surface area (Å²) in [7, 11) is 0. The number of benzene rings is 2. The molecule has 0 spiro atoms. The van der Waals surface area contributed by atoms with Crippen molar-refractivity contribution in [2.75, 3.05) is 31.5 Å². The first-order valence-corrected chi connectivity index (χ1v) is 12.5. The number of anilines is 1. The number of likely N-dealkylation sites (tertiary alicyclic amines) is 2. The van der Waals surface area contributed by atoms with Gasteiger partial charge in [0.15, 0.2) is 0 Å². The van der Waals surface area contributed by atoms with Gasteiger partial charge in [-0.05, 0) is 81.4 Å². The maximum Gasteiger partial charge on any atom is 0.246 e. The van der Waals surface area contributed by atoms with Gasteiger partial charge in [0.05, 0.1) is 0 Å². The smallest absolute Gasteiger partial charge is 0.246 e. The largest absolute Gasteiger partial charge is 0.342 e. The number of amides is 2. The molecule has 33 heavy (non-hydrogen) atoms. The first-order valence-electron chi connectivity index (χ1n) is 12.5. The molecule has 1 atom stereocenters. The first-order chi connectivity index (χ1) is 16.0. The number of nitrogens with zero attached hydrogens (tertiary/aromatic N) is 2. The van der Waals surface area contributed by atoms with Crippen molar-refractivity contribution in [3.63, 3.8) is 0 Å². The van der Waals surface area contributed by atoms with Gasteiger partial charge >= 0.3 is 0 Å². The van der Waals surface area contributed by atoms with Gasteiger partial charge < -0.3 is 10.2 Å². The fourth-order valence-electron chi connectivity index (χ4n) is 5.37. The van der Waals surface area contributed by atoms with Crippen molar-refractivity contribution in [2.45, 2.75) is 58.4 Å². The lowest BCUT2D eigenvalue weighted by molar-refractivity contribution is -0.137. The molecule has 0 saturated carbocycles. The van der Waals surface area contributed by atoms with Crippen LogP contribution < -0.4 is 5.32 Å². The molecule has 2 amide bonds. The molecule has 1 N–H and O–H groups in total. The van der Waals surface area contributed by atoms with Gasteiger partial charge in [0.25, 0.3) is 0 Å². The Hall–Kier alpha value is -2.66. The van der Waals surface area contributed by atoms with E-state index in [1.54, 1.807) is 0 Å². The van der Waals surface area contributed by atoms with Crippen molar-refractivity contribution in [2.24, 2.45) is 5.92 Å². The van der Waals surface area contributed by atoms with E-state index >= 15 is 0 Å². The minimum absolute atomic E-state index is 0.0107. The maximum atomic E-state index is 13.5. The summed E-state index contributed by atoms with van der Waals surface area (Å²) in [6, 6.07) is 15.8. The monoisotopic (exact) mass is 447 g/mol. The molecule has 0 unspecified atom stereocenters. The highest BCUT2D eigenvalue weighted by Crippen LogP contribution is 2.30. The van der Waals surface area contributed by atoms with Crippen LogP contribution >= 0.6 is 0 Å². The lowest BCUT2D eigenvalue weighted by Gasteiger charge is -2.38. The molecule has 5 nitrogen and oxygen atoms in total. The normalized spacial score (nSPS) is 19.0. The van der Waals surface area contributed by atoms with Gasteiger partial charge in [-0.2, -0.15) is 0 Å². The molecule has 2 aromatic carbocycles. The number of hydrogen-bond acceptors (Lipinski definition) is 3. The number of rotatable bonds is 5. The molecule has 176 valence electrons. The Bertz CT molecular complexity index is 923. The highest BCUT2D eigenvalue weighted by molar-refractivity contribution is 5.95. The van der Waals surface area contributed by atoms with Gasteiger partial charge in [0.2, 0.25) is 11.8 Å². The van der Waals surface area contributed by atoms with E-state index in [1.807, 2.05) is 56.3 Å². The topological polar surface area (TPSA) is 52.7 Å². The lowest BCUT2D eigenvalue weighted by Crippen LogP contribution is -2.46. The van der Waals surface area contributed by atoms with Crippen LogP contribution in [0.15, 0.2) is 48.5 Å². The number of nitrogens with one attached hydrogen (secondary N) is 1. The summed E-state index contributed by atoms with van der Waals surface area (Å²) in [5.74, 6) is 0.397. The molecular formula is C28H37N3O2. The molecule has 0 radical (unpaired) electrons. The fraction of sp³-hybridized carbons (Fsp3) is 0.500. The number of carbonyl (C=O) groups is 2. The summed E-state index contributed by atoms with van der Waals surface area (Å²) >= 11 is 0. The predicted molar refractivity (Wildman–Crippen MR) is 133 cm³/mol. The highest BCUT2D eigenvalue weighted by Gasteiger charge is 2.34. The van der Waals surface area contributed by atoms with Gasteiger partial charge in [-0.3, -0.25) is 14.5 Å². The van der Waals surface area contributed by atoms with Gasteiger partial charge in [-0.25, -0.2) is 0 Å². The van der Waals surface area contributed by atoms with Gasteiger partial charge in [0.1, 0.15) is 6.04 Å². The van der Waals surface area contributed by atoms with Crippen LogP contribution in [0.1, 0.15) is 61.3 Å². The average molecular weight is 448 g/mol. The summed E-state index contributed by atoms with van der Waals surface area (Å²) in [5, 5.41) is 3.16. The Morgan fingerprint density at radius 1 is 0.848 bits per heavy atom. The second-order valence-electron chi connectivity index (χ2n) is 9.73. The summed E-state index contributed by atoms with van der Waals surface area (Å²) in [5.41, 5.74) is 4.10. The van der Waals surface area contributed by atoms with E-state index in [9.17, 15) is 9.59 Å². The van der Waals surface area contributed by atoms with E-state index in [-0.39, 0.29) is 17.9 Å². The van der Waals surface area contributed by atoms with Crippen LogP contribution in [0, 0.1) is 19.8 Å². The van der Waals surface area contributed by atoms with Gasteiger partial charge in [-0.15, -0.1) is 0 Å². The molecule has 2 heterocycles. The second kappa shape index (κ2) is 11.0. The predicted octanol–water partition coefficient (Wildman–Crippen LogP) is 5.10. The van der Waals surface area contributed by atoms with Gasteiger partial charge in [0, 0.05) is 24.7 Å². The Labute approximate surface area is 198 Å². The standard InChI is InChI=1S/C28H37N3O2/c1-21-18-22(2)20-25(19-21)29-27(32)26(23-10-6-5-7-11-23)30-16-12-24(13-17-30)28(33)31-14-8-3-4-9-15-31/h5-7,10-11,18-20,24,26H,3-4,8-9,12-17H2,1-2H3,(H,29,32)/t26-/m1/s1. The minimum atomic E-state index is -0.360. The van der Waals surface area contributed by atoms with Crippen molar-refractivity contribution < 1.29 is 9.59 Å². The molecule has 4 rings (SSSR count). The van der Waals surface area contributed by atoms with Crippen molar-refractivity contribution in [3.8, 4) is 0 Å². The number of piperidine rings is 1. The van der Waals surface area contributed by atoms with Gasteiger partial charge in [-0.1, -0.05) is 49.2 Å². The summed E-state index contributed by atoms with van der Waals surface area (Å²) in [4.78, 5) is 31.0. The zero-order valence-corrected chi connectivity index (χ0v) is 20.1. The number of hydrogen-bond donors (Lipinski definition) is 1. The highest BCUT2D eigenvalue weighted by atomic mass is 16.2.